The maximum absolute atomic E-state index is 10.0. The molecular formula is C7H14O12S2. The molecule has 0 spiro atoms. The largest absolute Gasteiger partial charge is 0.394 e. The first-order valence-corrected chi connectivity index (χ1v) is 6.60. The Labute approximate surface area is 127 Å². The van der Waals surface area contributed by atoms with Gasteiger partial charge in [-0.25, -0.2) is 10.5 Å². The predicted molar refractivity (Wildman–Crippen MR) is 63.3 cm³/mol. The van der Waals surface area contributed by atoms with Gasteiger partial charge in [-0.2, -0.15) is 0 Å². The lowest BCUT2D eigenvalue weighted by Crippen LogP contribution is -2.59. The molecule has 1 fully saturated rings. The van der Waals surface area contributed by atoms with E-state index in [0.717, 1.165) is 0 Å². The Morgan fingerprint density at radius 2 is 1.62 bits per heavy atom. The molecule has 0 bridgehead atoms. The highest BCUT2D eigenvalue weighted by atomic mass is 32.2. The molecule has 126 valence electrons. The first-order chi connectivity index (χ1) is 10.2. The fraction of sp³-hybridized carbons (Fsp3) is 1.00. The van der Waals surface area contributed by atoms with Crippen LogP contribution in [0.3, 0.4) is 0 Å². The van der Waals surface area contributed by atoms with Crippen molar-refractivity contribution in [2.45, 2.75) is 30.7 Å². The second kappa shape index (κ2) is 10.9. The molecule has 1 saturated heterocycles. The average Bonchev–Trinajstić information content (AvgIpc) is 2.50. The van der Waals surface area contributed by atoms with E-state index < -0.39 is 37.3 Å². The van der Waals surface area contributed by atoms with Gasteiger partial charge in [-0.1, -0.05) is 10.1 Å². The van der Waals surface area contributed by atoms with Crippen LogP contribution in [0.25, 0.3) is 0 Å². The van der Waals surface area contributed by atoms with Crippen molar-refractivity contribution in [2.75, 3.05) is 13.7 Å². The van der Waals surface area contributed by atoms with E-state index in [1.807, 2.05) is 0 Å². The van der Waals surface area contributed by atoms with E-state index in [9.17, 15) is 5.11 Å². The summed E-state index contributed by atoms with van der Waals surface area (Å²) in [7, 11) is 1.29. The number of rotatable bonds is 10. The summed E-state index contributed by atoms with van der Waals surface area (Å²) in [4.78, 5) is 0. The lowest BCUT2D eigenvalue weighted by atomic mass is 9.99. The average molecular weight is 354 g/mol. The zero-order valence-corrected chi connectivity index (χ0v) is 12.1. The molecule has 0 radical (unpaired) electrons. The molecule has 0 amide bonds. The summed E-state index contributed by atoms with van der Waals surface area (Å²) in [6.45, 7) is -0.515. The van der Waals surface area contributed by atoms with E-state index >= 15 is 0 Å². The highest BCUT2D eigenvalue weighted by molar-refractivity contribution is 7.90. The second-order valence-electron chi connectivity index (χ2n) is 3.49. The predicted octanol–water partition coefficient (Wildman–Crippen LogP) is -0.550. The number of aliphatic hydroxyl groups is 2. The van der Waals surface area contributed by atoms with Crippen molar-refractivity contribution < 1.29 is 57.3 Å². The SMILES string of the molecule is COC1OC(CO)C(O)C(OSOOO)C1OSOOO. The van der Waals surface area contributed by atoms with Crippen LogP contribution in [0.2, 0.25) is 0 Å². The first kappa shape index (κ1) is 19.3. The van der Waals surface area contributed by atoms with Crippen molar-refractivity contribution in [3.8, 4) is 0 Å². The maximum Gasteiger partial charge on any atom is 0.198 e. The molecular weight excluding hydrogens is 340 g/mol. The molecule has 0 aliphatic carbocycles. The molecule has 12 nitrogen and oxygen atoms in total. The van der Waals surface area contributed by atoms with Crippen LogP contribution in [-0.4, -0.2) is 65.2 Å². The van der Waals surface area contributed by atoms with E-state index in [1.165, 1.54) is 7.11 Å². The van der Waals surface area contributed by atoms with Gasteiger partial charge < -0.3 is 19.7 Å². The summed E-state index contributed by atoms with van der Waals surface area (Å²) in [5.74, 6) is 0. The quantitative estimate of drug-likeness (QED) is 0.171. The lowest BCUT2D eigenvalue weighted by molar-refractivity contribution is -0.436. The van der Waals surface area contributed by atoms with Crippen molar-refractivity contribution in [3.63, 3.8) is 0 Å². The number of hydrogen-bond acceptors (Lipinski definition) is 14. The molecule has 21 heavy (non-hydrogen) atoms. The van der Waals surface area contributed by atoms with Crippen molar-refractivity contribution >= 4 is 24.6 Å². The van der Waals surface area contributed by atoms with Crippen molar-refractivity contribution in [1.82, 2.24) is 0 Å². The zero-order chi connectivity index (χ0) is 15.7. The van der Waals surface area contributed by atoms with Gasteiger partial charge in [0, 0.05) is 7.11 Å². The molecule has 5 unspecified atom stereocenters. The van der Waals surface area contributed by atoms with Crippen molar-refractivity contribution in [2.24, 2.45) is 0 Å². The molecule has 5 atom stereocenters. The van der Waals surface area contributed by atoms with Gasteiger partial charge in [0.05, 0.1) is 6.61 Å². The Morgan fingerprint density at radius 1 is 1.05 bits per heavy atom. The number of hydrogen-bond donors (Lipinski definition) is 4. The van der Waals surface area contributed by atoms with E-state index in [-0.39, 0.29) is 24.6 Å². The van der Waals surface area contributed by atoms with Crippen LogP contribution in [0.5, 0.6) is 0 Å². The molecule has 0 aromatic heterocycles. The Bertz CT molecular complexity index is 272. The van der Waals surface area contributed by atoms with E-state index in [4.69, 9.17) is 33.5 Å². The van der Waals surface area contributed by atoms with Gasteiger partial charge in [-0.3, -0.25) is 8.37 Å². The summed E-state index contributed by atoms with van der Waals surface area (Å²) in [5.41, 5.74) is 0. The number of methoxy groups -OCH3 is 1. The van der Waals surface area contributed by atoms with Crippen molar-refractivity contribution in [1.29, 1.82) is 0 Å². The monoisotopic (exact) mass is 354 g/mol. The minimum atomic E-state index is -1.34. The van der Waals surface area contributed by atoms with E-state index in [1.54, 1.807) is 0 Å². The first-order valence-electron chi connectivity index (χ1n) is 5.27. The third kappa shape index (κ3) is 5.73. The van der Waals surface area contributed by atoms with Gasteiger partial charge in [0.25, 0.3) is 0 Å². The van der Waals surface area contributed by atoms with Crippen LogP contribution in [0.15, 0.2) is 0 Å². The minimum absolute atomic E-state index is 0.196. The summed E-state index contributed by atoms with van der Waals surface area (Å²) in [5, 5.41) is 41.9. The van der Waals surface area contributed by atoms with Crippen LogP contribution < -0.4 is 0 Å². The van der Waals surface area contributed by atoms with Crippen LogP contribution in [-0.2, 0) is 36.6 Å². The van der Waals surface area contributed by atoms with Gasteiger partial charge in [0.15, 0.2) is 37.0 Å². The van der Waals surface area contributed by atoms with E-state index in [0.29, 0.717) is 0 Å². The third-order valence-electron chi connectivity index (χ3n) is 2.45. The highest BCUT2D eigenvalue weighted by Gasteiger charge is 2.48. The normalized spacial score (nSPS) is 33.3. The van der Waals surface area contributed by atoms with Gasteiger partial charge >= 0.3 is 0 Å². The topological polar surface area (TPSA) is 155 Å². The molecule has 1 rings (SSSR count). The number of aliphatic hydroxyl groups excluding tert-OH is 2. The fourth-order valence-corrected chi connectivity index (χ4v) is 2.31. The zero-order valence-electron chi connectivity index (χ0n) is 10.5. The molecule has 0 aromatic rings. The smallest absolute Gasteiger partial charge is 0.198 e. The Morgan fingerprint density at radius 3 is 2.10 bits per heavy atom. The molecule has 14 heteroatoms. The second-order valence-corrected chi connectivity index (χ2v) is 4.42. The van der Waals surface area contributed by atoms with Gasteiger partial charge in [-0.05, 0) is 0 Å². The third-order valence-corrected chi connectivity index (χ3v) is 3.28. The van der Waals surface area contributed by atoms with Gasteiger partial charge in [0.1, 0.15) is 18.3 Å². The summed E-state index contributed by atoms with van der Waals surface area (Å²) in [6.07, 6.45) is -5.63. The van der Waals surface area contributed by atoms with Gasteiger partial charge in [-0.15, -0.1) is 8.67 Å². The van der Waals surface area contributed by atoms with Crippen molar-refractivity contribution in [3.05, 3.63) is 0 Å². The van der Waals surface area contributed by atoms with Crippen LogP contribution in [0, 0.1) is 0 Å². The van der Waals surface area contributed by atoms with Crippen LogP contribution >= 0.6 is 24.6 Å². The molecule has 4 N–H and O–H groups in total. The van der Waals surface area contributed by atoms with Gasteiger partial charge in [0.2, 0.25) is 0 Å². The molecule has 0 aromatic carbocycles. The Kier molecular flexibility index (Phi) is 9.97. The lowest BCUT2D eigenvalue weighted by Gasteiger charge is -2.41. The standard InChI is InChI=1S/C7H14O12S2/c1-12-7-6(15-21-19-17-11)5(14-20-18-16-10)4(9)3(2-8)13-7/h3-11H,2H2,1H3. The Balaban J connectivity index is 2.72. The molecule has 1 heterocycles. The summed E-state index contributed by atoms with van der Waals surface area (Å²) < 4.78 is 28.4. The van der Waals surface area contributed by atoms with Crippen LogP contribution in [0.4, 0.5) is 0 Å². The highest BCUT2D eigenvalue weighted by Crippen LogP contribution is 2.31. The fourth-order valence-electron chi connectivity index (χ4n) is 1.59. The minimum Gasteiger partial charge on any atom is -0.394 e. The van der Waals surface area contributed by atoms with Crippen LogP contribution in [0.1, 0.15) is 0 Å². The Hall–Kier alpha value is 0.220. The maximum atomic E-state index is 10.0. The summed E-state index contributed by atoms with van der Waals surface area (Å²) in [6, 6.07) is 0. The van der Waals surface area contributed by atoms with E-state index in [2.05, 4.69) is 18.7 Å². The molecule has 1 aliphatic rings. The molecule has 0 saturated carbocycles. The summed E-state index contributed by atoms with van der Waals surface area (Å²) >= 11 is 0.412. The number of ether oxygens (including phenoxy) is 2. The molecule has 1 aliphatic heterocycles.